The Labute approximate surface area is 102 Å². The number of nitriles is 1. The molecule has 1 aliphatic carbocycles. The summed E-state index contributed by atoms with van der Waals surface area (Å²) in [5, 5.41) is 12.3. The lowest BCUT2D eigenvalue weighted by molar-refractivity contribution is 0.378. The number of pyridine rings is 1. The molecule has 0 spiro atoms. The molecule has 2 rings (SSSR count). The molecule has 1 heterocycles. The zero-order chi connectivity index (χ0) is 12.5. The van der Waals surface area contributed by atoms with Gasteiger partial charge in [-0.25, -0.2) is 4.98 Å². The maximum Gasteiger partial charge on any atom is 0.150 e. The minimum atomic E-state index is 0.388. The molecule has 4 heteroatoms. The minimum Gasteiger partial charge on any atom is -0.395 e. The number of anilines is 2. The maximum absolute atomic E-state index is 8.90. The third-order valence-corrected chi connectivity index (χ3v) is 3.42. The van der Waals surface area contributed by atoms with E-state index in [0.29, 0.717) is 28.5 Å². The highest BCUT2D eigenvalue weighted by atomic mass is 15.0. The number of nitrogens with one attached hydrogen (secondary N) is 1. The molecule has 0 amide bonds. The Morgan fingerprint density at radius 3 is 2.94 bits per heavy atom. The van der Waals surface area contributed by atoms with Crippen LogP contribution in [0.4, 0.5) is 11.5 Å². The standard InChI is InChI=1S/C13H18N4/c1-13(2)5-3-10(7-13)17-12-11(15)9(8-14)4-6-16-12/h4,6,10H,3,5,7,15H2,1-2H3,(H,16,17). The molecule has 0 aliphatic heterocycles. The predicted molar refractivity (Wildman–Crippen MR) is 68.4 cm³/mol. The highest BCUT2D eigenvalue weighted by Gasteiger charge is 2.31. The average molecular weight is 230 g/mol. The van der Waals surface area contributed by atoms with E-state index in [0.717, 1.165) is 12.8 Å². The Morgan fingerprint density at radius 1 is 1.59 bits per heavy atom. The Hall–Kier alpha value is -1.76. The van der Waals surface area contributed by atoms with Gasteiger partial charge in [-0.3, -0.25) is 0 Å². The molecule has 1 unspecified atom stereocenters. The number of nitrogens with two attached hydrogens (primary N) is 1. The Morgan fingerprint density at radius 2 is 2.35 bits per heavy atom. The monoisotopic (exact) mass is 230 g/mol. The van der Waals surface area contributed by atoms with E-state index < -0.39 is 0 Å². The lowest BCUT2D eigenvalue weighted by Crippen LogP contribution is -2.19. The highest BCUT2D eigenvalue weighted by molar-refractivity contribution is 5.69. The molecule has 17 heavy (non-hydrogen) atoms. The van der Waals surface area contributed by atoms with Crippen LogP contribution in [-0.4, -0.2) is 11.0 Å². The topological polar surface area (TPSA) is 74.7 Å². The first-order chi connectivity index (χ1) is 8.02. The molecule has 3 N–H and O–H groups in total. The van der Waals surface area contributed by atoms with Crippen LogP contribution in [0.15, 0.2) is 12.3 Å². The number of rotatable bonds is 2. The van der Waals surface area contributed by atoms with E-state index in [9.17, 15) is 0 Å². The number of nitrogens with zero attached hydrogens (tertiary/aromatic N) is 2. The van der Waals surface area contributed by atoms with Gasteiger partial charge >= 0.3 is 0 Å². The normalized spacial score (nSPS) is 22.1. The van der Waals surface area contributed by atoms with Gasteiger partial charge in [-0.1, -0.05) is 13.8 Å². The van der Waals surface area contributed by atoms with E-state index in [1.165, 1.54) is 6.42 Å². The minimum absolute atomic E-state index is 0.388. The summed E-state index contributed by atoms with van der Waals surface area (Å²) in [5.41, 5.74) is 7.22. The number of hydrogen-bond donors (Lipinski definition) is 2. The third kappa shape index (κ3) is 2.50. The van der Waals surface area contributed by atoms with Gasteiger partial charge in [-0.15, -0.1) is 0 Å². The summed E-state index contributed by atoms with van der Waals surface area (Å²) in [5.74, 6) is 0.645. The molecule has 1 fully saturated rings. The molecule has 0 aromatic carbocycles. The Kier molecular flexibility index (Phi) is 2.93. The summed E-state index contributed by atoms with van der Waals surface area (Å²) in [6.45, 7) is 4.55. The third-order valence-electron chi connectivity index (χ3n) is 3.42. The van der Waals surface area contributed by atoms with Crippen molar-refractivity contribution in [3.05, 3.63) is 17.8 Å². The van der Waals surface area contributed by atoms with Crippen LogP contribution in [0.1, 0.15) is 38.7 Å². The van der Waals surface area contributed by atoms with Crippen molar-refractivity contribution in [2.24, 2.45) is 5.41 Å². The van der Waals surface area contributed by atoms with E-state index in [1.54, 1.807) is 12.3 Å². The zero-order valence-electron chi connectivity index (χ0n) is 10.3. The SMILES string of the molecule is CC1(C)CCC(Nc2nccc(C#N)c2N)C1. The van der Waals surface area contributed by atoms with E-state index in [-0.39, 0.29) is 0 Å². The zero-order valence-corrected chi connectivity index (χ0v) is 10.3. The van der Waals surface area contributed by atoms with Gasteiger partial charge in [0, 0.05) is 12.2 Å². The van der Waals surface area contributed by atoms with Crippen molar-refractivity contribution in [2.75, 3.05) is 11.1 Å². The molecule has 1 aromatic heterocycles. The number of hydrogen-bond acceptors (Lipinski definition) is 4. The summed E-state index contributed by atoms with van der Waals surface area (Å²) in [4.78, 5) is 4.21. The summed E-state index contributed by atoms with van der Waals surface area (Å²) in [6, 6.07) is 4.12. The average Bonchev–Trinajstić information content (AvgIpc) is 2.61. The molecule has 4 nitrogen and oxygen atoms in total. The smallest absolute Gasteiger partial charge is 0.150 e. The summed E-state index contributed by atoms with van der Waals surface area (Å²) >= 11 is 0. The molecular formula is C13H18N4. The lowest BCUT2D eigenvalue weighted by Gasteiger charge is -2.19. The maximum atomic E-state index is 8.90. The van der Waals surface area contributed by atoms with Crippen LogP contribution >= 0.6 is 0 Å². The van der Waals surface area contributed by atoms with Gasteiger partial charge < -0.3 is 11.1 Å². The van der Waals surface area contributed by atoms with Gasteiger partial charge in [0.2, 0.25) is 0 Å². The first-order valence-corrected chi connectivity index (χ1v) is 5.93. The molecule has 0 bridgehead atoms. The molecule has 90 valence electrons. The molecule has 1 atom stereocenters. The van der Waals surface area contributed by atoms with Crippen molar-refractivity contribution in [1.82, 2.24) is 4.98 Å². The number of nitrogen functional groups attached to an aromatic ring is 1. The van der Waals surface area contributed by atoms with E-state index in [4.69, 9.17) is 11.0 Å². The number of aromatic nitrogens is 1. The van der Waals surface area contributed by atoms with Crippen LogP contribution in [0.3, 0.4) is 0 Å². The fourth-order valence-corrected chi connectivity index (χ4v) is 2.44. The quantitative estimate of drug-likeness (QED) is 0.818. The van der Waals surface area contributed by atoms with Gasteiger partial charge in [-0.2, -0.15) is 5.26 Å². The molecule has 1 aliphatic rings. The van der Waals surface area contributed by atoms with E-state index in [1.807, 2.05) is 0 Å². The van der Waals surface area contributed by atoms with Crippen molar-refractivity contribution in [1.29, 1.82) is 5.26 Å². The van der Waals surface area contributed by atoms with Crippen LogP contribution in [0.25, 0.3) is 0 Å². The van der Waals surface area contributed by atoms with Crippen molar-refractivity contribution in [3.8, 4) is 6.07 Å². The second-order valence-corrected chi connectivity index (χ2v) is 5.48. The predicted octanol–water partition coefficient (Wildman–Crippen LogP) is 2.53. The van der Waals surface area contributed by atoms with Gasteiger partial charge in [0.15, 0.2) is 5.82 Å². The molecule has 0 saturated heterocycles. The second kappa shape index (κ2) is 4.25. The van der Waals surface area contributed by atoms with Gasteiger partial charge in [-0.05, 0) is 30.7 Å². The largest absolute Gasteiger partial charge is 0.395 e. The van der Waals surface area contributed by atoms with E-state index >= 15 is 0 Å². The van der Waals surface area contributed by atoms with Crippen LogP contribution in [0.5, 0.6) is 0 Å². The first-order valence-electron chi connectivity index (χ1n) is 5.93. The van der Waals surface area contributed by atoms with Crippen LogP contribution in [-0.2, 0) is 0 Å². The van der Waals surface area contributed by atoms with Gasteiger partial charge in [0.1, 0.15) is 6.07 Å². The van der Waals surface area contributed by atoms with Gasteiger partial charge in [0.05, 0.1) is 11.3 Å². The molecular weight excluding hydrogens is 212 g/mol. The Bertz CT molecular complexity index is 459. The highest BCUT2D eigenvalue weighted by Crippen LogP contribution is 2.38. The van der Waals surface area contributed by atoms with Crippen molar-refractivity contribution in [3.63, 3.8) is 0 Å². The van der Waals surface area contributed by atoms with Crippen molar-refractivity contribution >= 4 is 11.5 Å². The van der Waals surface area contributed by atoms with Crippen LogP contribution < -0.4 is 11.1 Å². The van der Waals surface area contributed by atoms with Crippen molar-refractivity contribution in [2.45, 2.75) is 39.2 Å². The van der Waals surface area contributed by atoms with Crippen LogP contribution in [0, 0.1) is 16.7 Å². The summed E-state index contributed by atoms with van der Waals surface area (Å²) < 4.78 is 0. The van der Waals surface area contributed by atoms with E-state index in [2.05, 4.69) is 30.2 Å². The molecule has 0 radical (unpaired) electrons. The fraction of sp³-hybridized carbons (Fsp3) is 0.538. The molecule has 1 saturated carbocycles. The molecule has 1 aromatic rings. The van der Waals surface area contributed by atoms with Crippen molar-refractivity contribution < 1.29 is 0 Å². The Balaban J connectivity index is 2.13. The van der Waals surface area contributed by atoms with Gasteiger partial charge in [0.25, 0.3) is 0 Å². The fourth-order valence-electron chi connectivity index (χ4n) is 2.44. The second-order valence-electron chi connectivity index (χ2n) is 5.48. The first kappa shape index (κ1) is 11.7. The summed E-state index contributed by atoms with van der Waals surface area (Å²) in [7, 11) is 0. The lowest BCUT2D eigenvalue weighted by atomic mass is 9.92. The van der Waals surface area contributed by atoms with Crippen LogP contribution in [0.2, 0.25) is 0 Å². The summed E-state index contributed by atoms with van der Waals surface area (Å²) in [6.07, 6.45) is 5.08.